The monoisotopic (exact) mass is 501 g/mol. The molecule has 0 spiro atoms. The minimum atomic E-state index is 0. The second kappa shape index (κ2) is 13.6. The zero-order chi connectivity index (χ0) is 19.5. The fourth-order valence-electron chi connectivity index (χ4n) is 3.41. The number of carbonyl (C=O) groups excluding carboxylic acids is 1. The summed E-state index contributed by atoms with van der Waals surface area (Å²) >= 11 is 0. The topological polar surface area (TPSA) is 60.0 Å². The van der Waals surface area contributed by atoms with Crippen molar-refractivity contribution in [1.82, 2.24) is 15.5 Å². The standard InChI is InChI=1S/C21H35N5O.HI/c1-4-22-21(23-13-9-16-26-15-8-12-20(26)27)24-14-17-25(5-2)19-11-7-6-10-18(19)3;/h6-7,10-11H,4-5,8-9,12-17H2,1-3H3,(H2,22,23,24);1H. The van der Waals surface area contributed by atoms with Gasteiger partial charge in [0.05, 0.1) is 0 Å². The number of likely N-dealkylation sites (N-methyl/N-ethyl adjacent to an activating group) is 1. The lowest BCUT2D eigenvalue weighted by atomic mass is 10.2. The number of halogens is 1. The van der Waals surface area contributed by atoms with Gasteiger partial charge < -0.3 is 20.4 Å². The van der Waals surface area contributed by atoms with Crippen molar-refractivity contribution in [3.63, 3.8) is 0 Å². The maximum atomic E-state index is 11.6. The Labute approximate surface area is 187 Å². The smallest absolute Gasteiger partial charge is 0.222 e. The predicted molar refractivity (Wildman–Crippen MR) is 129 cm³/mol. The molecule has 28 heavy (non-hydrogen) atoms. The van der Waals surface area contributed by atoms with E-state index in [4.69, 9.17) is 0 Å². The van der Waals surface area contributed by atoms with Crippen molar-refractivity contribution in [3.05, 3.63) is 29.8 Å². The van der Waals surface area contributed by atoms with Crippen molar-refractivity contribution in [2.45, 2.75) is 40.0 Å². The summed E-state index contributed by atoms with van der Waals surface area (Å²) in [5.41, 5.74) is 2.59. The van der Waals surface area contributed by atoms with Crippen LogP contribution in [0.15, 0.2) is 29.3 Å². The molecule has 2 rings (SSSR count). The van der Waals surface area contributed by atoms with Gasteiger partial charge in [0, 0.05) is 57.9 Å². The molecular formula is C21H36IN5O. The molecule has 1 fully saturated rings. The number of anilines is 1. The van der Waals surface area contributed by atoms with E-state index in [-0.39, 0.29) is 24.0 Å². The summed E-state index contributed by atoms with van der Waals surface area (Å²) in [6.07, 6.45) is 2.62. The highest BCUT2D eigenvalue weighted by atomic mass is 127. The highest BCUT2D eigenvalue weighted by Crippen LogP contribution is 2.18. The number of rotatable bonds is 10. The number of aliphatic imine (C=N–C) groups is 1. The lowest BCUT2D eigenvalue weighted by Gasteiger charge is -2.25. The molecule has 7 heteroatoms. The van der Waals surface area contributed by atoms with Crippen LogP contribution in [0, 0.1) is 6.92 Å². The summed E-state index contributed by atoms with van der Waals surface area (Å²) in [5.74, 6) is 1.14. The lowest BCUT2D eigenvalue weighted by molar-refractivity contribution is -0.127. The number of guanidine groups is 1. The molecule has 1 heterocycles. The summed E-state index contributed by atoms with van der Waals surface area (Å²) < 4.78 is 0. The molecule has 1 aromatic rings. The van der Waals surface area contributed by atoms with Crippen LogP contribution in [0.4, 0.5) is 5.69 Å². The third-order valence-corrected chi connectivity index (χ3v) is 4.88. The Balaban J connectivity index is 0.00000392. The summed E-state index contributed by atoms with van der Waals surface area (Å²) in [5, 5.41) is 6.73. The van der Waals surface area contributed by atoms with Crippen molar-refractivity contribution < 1.29 is 4.79 Å². The van der Waals surface area contributed by atoms with Gasteiger partial charge in [-0.05, 0) is 45.2 Å². The Kier molecular flexibility index (Phi) is 11.9. The quantitative estimate of drug-likeness (QED) is 0.224. The number of carbonyl (C=O) groups is 1. The maximum absolute atomic E-state index is 11.6. The number of likely N-dealkylation sites (tertiary alicyclic amines) is 1. The Hall–Kier alpha value is -1.51. The fourth-order valence-corrected chi connectivity index (χ4v) is 3.41. The first-order chi connectivity index (χ1) is 13.2. The molecule has 2 N–H and O–H groups in total. The van der Waals surface area contributed by atoms with Crippen LogP contribution in [0.25, 0.3) is 0 Å². The minimum Gasteiger partial charge on any atom is -0.370 e. The van der Waals surface area contributed by atoms with Gasteiger partial charge in [-0.25, -0.2) is 0 Å². The van der Waals surface area contributed by atoms with Gasteiger partial charge in [-0.1, -0.05) is 18.2 Å². The van der Waals surface area contributed by atoms with E-state index < -0.39 is 0 Å². The maximum Gasteiger partial charge on any atom is 0.222 e. The first-order valence-corrected chi connectivity index (χ1v) is 10.3. The largest absolute Gasteiger partial charge is 0.370 e. The van der Waals surface area contributed by atoms with Gasteiger partial charge in [-0.3, -0.25) is 9.79 Å². The van der Waals surface area contributed by atoms with E-state index in [0.717, 1.165) is 64.6 Å². The zero-order valence-corrected chi connectivity index (χ0v) is 19.9. The Bertz CT molecular complexity index is 623. The Morgan fingerprint density at radius 2 is 2.04 bits per heavy atom. The summed E-state index contributed by atoms with van der Waals surface area (Å²) in [4.78, 5) is 20.6. The molecule has 1 aliphatic heterocycles. The number of para-hydroxylation sites is 1. The molecule has 6 nitrogen and oxygen atoms in total. The van der Waals surface area contributed by atoms with Crippen LogP contribution in [0.3, 0.4) is 0 Å². The van der Waals surface area contributed by atoms with E-state index in [9.17, 15) is 4.79 Å². The average molecular weight is 501 g/mol. The van der Waals surface area contributed by atoms with E-state index in [0.29, 0.717) is 12.3 Å². The molecule has 0 aromatic heterocycles. The van der Waals surface area contributed by atoms with E-state index in [1.165, 1.54) is 11.3 Å². The van der Waals surface area contributed by atoms with Gasteiger partial charge in [0.25, 0.3) is 0 Å². The van der Waals surface area contributed by atoms with Crippen molar-refractivity contribution in [1.29, 1.82) is 0 Å². The minimum absolute atomic E-state index is 0. The molecule has 0 atom stereocenters. The lowest BCUT2D eigenvalue weighted by Crippen LogP contribution is -2.42. The highest BCUT2D eigenvalue weighted by molar-refractivity contribution is 14.0. The average Bonchev–Trinajstić information content (AvgIpc) is 3.08. The van der Waals surface area contributed by atoms with E-state index in [2.05, 4.69) is 65.6 Å². The molecule has 0 radical (unpaired) electrons. The molecule has 0 aliphatic carbocycles. The van der Waals surface area contributed by atoms with E-state index >= 15 is 0 Å². The van der Waals surface area contributed by atoms with Gasteiger partial charge in [-0.2, -0.15) is 0 Å². The highest BCUT2D eigenvalue weighted by Gasteiger charge is 2.18. The number of hydrogen-bond acceptors (Lipinski definition) is 3. The van der Waals surface area contributed by atoms with Gasteiger partial charge >= 0.3 is 0 Å². The third kappa shape index (κ3) is 7.85. The molecule has 0 unspecified atom stereocenters. The number of hydrogen-bond donors (Lipinski definition) is 2. The molecular weight excluding hydrogens is 465 g/mol. The molecule has 1 aliphatic rings. The first-order valence-electron chi connectivity index (χ1n) is 10.3. The second-order valence-electron chi connectivity index (χ2n) is 6.89. The van der Waals surface area contributed by atoms with Gasteiger partial charge in [0.15, 0.2) is 5.96 Å². The molecule has 1 aromatic carbocycles. The molecule has 0 saturated carbocycles. The van der Waals surface area contributed by atoms with Gasteiger partial charge in [0.2, 0.25) is 5.91 Å². The zero-order valence-electron chi connectivity index (χ0n) is 17.5. The normalized spacial score (nSPS) is 14.0. The summed E-state index contributed by atoms with van der Waals surface area (Å²) in [7, 11) is 0. The van der Waals surface area contributed by atoms with Crippen molar-refractivity contribution in [3.8, 4) is 0 Å². The van der Waals surface area contributed by atoms with Crippen LogP contribution in [0.5, 0.6) is 0 Å². The molecule has 0 bridgehead atoms. The van der Waals surface area contributed by atoms with E-state index in [1.54, 1.807) is 0 Å². The van der Waals surface area contributed by atoms with Crippen LogP contribution < -0.4 is 15.5 Å². The molecule has 1 saturated heterocycles. The van der Waals surface area contributed by atoms with Crippen LogP contribution in [-0.2, 0) is 4.79 Å². The van der Waals surface area contributed by atoms with Crippen LogP contribution in [0.1, 0.15) is 38.7 Å². The predicted octanol–water partition coefficient (Wildman–Crippen LogP) is 3.01. The number of aryl methyl sites for hydroxylation is 1. The fraction of sp³-hybridized carbons (Fsp3) is 0.619. The number of benzene rings is 1. The van der Waals surface area contributed by atoms with Gasteiger partial charge in [0.1, 0.15) is 0 Å². The SMILES string of the molecule is CCNC(=NCCCN1CCCC1=O)NCCN(CC)c1ccccc1C.I. The van der Waals surface area contributed by atoms with Crippen molar-refractivity contribution in [2.24, 2.45) is 4.99 Å². The first kappa shape index (κ1) is 24.5. The van der Waals surface area contributed by atoms with Crippen LogP contribution in [-0.4, -0.2) is 62.6 Å². The van der Waals surface area contributed by atoms with Crippen molar-refractivity contribution >= 4 is 41.5 Å². The van der Waals surface area contributed by atoms with Crippen molar-refractivity contribution in [2.75, 3.05) is 50.7 Å². The Morgan fingerprint density at radius 3 is 2.68 bits per heavy atom. The molecule has 1 amide bonds. The van der Waals surface area contributed by atoms with E-state index in [1.807, 2.05) is 4.90 Å². The summed E-state index contributed by atoms with van der Waals surface area (Å²) in [6.45, 7) is 12.4. The van der Waals surface area contributed by atoms with Crippen LogP contribution >= 0.6 is 24.0 Å². The second-order valence-corrected chi connectivity index (χ2v) is 6.89. The number of nitrogens with one attached hydrogen (secondary N) is 2. The number of amides is 1. The third-order valence-electron chi connectivity index (χ3n) is 4.88. The Morgan fingerprint density at radius 1 is 1.25 bits per heavy atom. The summed E-state index contributed by atoms with van der Waals surface area (Å²) in [6, 6.07) is 8.51. The molecule has 158 valence electrons. The number of nitrogens with zero attached hydrogens (tertiary/aromatic N) is 3. The van der Waals surface area contributed by atoms with Gasteiger partial charge in [-0.15, -0.1) is 24.0 Å². The van der Waals surface area contributed by atoms with Crippen LogP contribution in [0.2, 0.25) is 0 Å².